The van der Waals surface area contributed by atoms with Gasteiger partial charge in [-0.05, 0) is 91.6 Å². The van der Waals surface area contributed by atoms with Gasteiger partial charge in [0.2, 0.25) is 0 Å². The molecule has 0 spiro atoms. The first-order valence-electron chi connectivity index (χ1n) is 17.1. The van der Waals surface area contributed by atoms with Gasteiger partial charge in [0.25, 0.3) is 0 Å². The van der Waals surface area contributed by atoms with Gasteiger partial charge in [-0.1, -0.05) is 157 Å². The van der Waals surface area contributed by atoms with Crippen molar-refractivity contribution in [3.63, 3.8) is 0 Å². The Morgan fingerprint density at radius 1 is 0.652 bits per heavy atom. The summed E-state index contributed by atoms with van der Waals surface area (Å²) >= 11 is 0. The molecule has 46 heavy (non-hydrogen) atoms. The number of benzene rings is 5. The SMILES string of the molecule is C=CCOc1ccccc1[Si](C)(C)C1c2cc(-c3cccc(C(C)CC)c3)ccc2-c2ccc(-c3cccc(C(C)CC)c3)cc21. The molecule has 0 heterocycles. The van der Waals surface area contributed by atoms with Crippen LogP contribution < -0.4 is 9.92 Å². The largest absolute Gasteiger partial charge is 0.490 e. The molecular weight excluding hydrogens is 573 g/mol. The number of hydrogen-bond donors (Lipinski definition) is 0. The normalized spacial score (nSPS) is 15.1. The molecule has 6 rings (SSSR count). The predicted molar refractivity (Wildman–Crippen MR) is 201 cm³/mol. The molecule has 0 aliphatic heterocycles. The van der Waals surface area contributed by atoms with Crippen molar-refractivity contribution >= 4 is 13.3 Å². The van der Waals surface area contributed by atoms with Gasteiger partial charge in [0, 0.05) is 5.54 Å². The van der Waals surface area contributed by atoms with E-state index in [9.17, 15) is 0 Å². The fourth-order valence-electron chi connectivity index (χ4n) is 7.35. The van der Waals surface area contributed by atoms with Crippen LogP contribution in [0.3, 0.4) is 0 Å². The monoisotopic (exact) mass is 620 g/mol. The van der Waals surface area contributed by atoms with Gasteiger partial charge in [-0.3, -0.25) is 0 Å². The van der Waals surface area contributed by atoms with Gasteiger partial charge < -0.3 is 4.74 Å². The lowest BCUT2D eigenvalue weighted by Gasteiger charge is -2.33. The Hall–Kier alpha value is -4.14. The van der Waals surface area contributed by atoms with Crippen molar-refractivity contribution < 1.29 is 4.74 Å². The fraction of sp³-hybridized carbons (Fsp3) is 0.273. The summed E-state index contributed by atoms with van der Waals surface area (Å²) in [6.45, 7) is 18.7. The topological polar surface area (TPSA) is 9.23 Å². The van der Waals surface area contributed by atoms with Crippen molar-refractivity contribution in [2.45, 2.75) is 71.0 Å². The maximum absolute atomic E-state index is 6.30. The summed E-state index contributed by atoms with van der Waals surface area (Å²) in [5.41, 5.74) is 13.9. The van der Waals surface area contributed by atoms with Gasteiger partial charge >= 0.3 is 0 Å². The molecule has 0 amide bonds. The molecule has 2 heteroatoms. The molecule has 1 aliphatic carbocycles. The third-order valence-corrected chi connectivity index (χ3v) is 14.3. The molecular formula is C44H48OSi. The van der Waals surface area contributed by atoms with Gasteiger partial charge in [-0.15, -0.1) is 0 Å². The summed E-state index contributed by atoms with van der Waals surface area (Å²) in [6, 6.07) is 41.5. The van der Waals surface area contributed by atoms with E-state index in [0.29, 0.717) is 18.4 Å². The highest BCUT2D eigenvalue weighted by molar-refractivity contribution is 6.92. The van der Waals surface area contributed by atoms with Gasteiger partial charge in [0.15, 0.2) is 0 Å². The Morgan fingerprint density at radius 2 is 1.15 bits per heavy atom. The van der Waals surface area contributed by atoms with Crippen molar-refractivity contribution in [1.29, 1.82) is 0 Å². The van der Waals surface area contributed by atoms with Gasteiger partial charge in [-0.25, -0.2) is 0 Å². The van der Waals surface area contributed by atoms with Crippen LogP contribution in [0.2, 0.25) is 13.1 Å². The number of fused-ring (bicyclic) bond motifs is 3. The third kappa shape index (κ3) is 5.92. The first kappa shape index (κ1) is 31.8. The molecule has 0 radical (unpaired) electrons. The van der Waals surface area contributed by atoms with E-state index < -0.39 is 8.07 Å². The van der Waals surface area contributed by atoms with Crippen molar-refractivity contribution in [3.8, 4) is 39.1 Å². The predicted octanol–water partition coefficient (Wildman–Crippen LogP) is 11.9. The first-order chi connectivity index (χ1) is 22.3. The lowest BCUT2D eigenvalue weighted by atomic mass is 9.93. The van der Waals surface area contributed by atoms with E-state index in [1.807, 2.05) is 6.08 Å². The van der Waals surface area contributed by atoms with E-state index in [1.165, 1.54) is 60.8 Å². The second kappa shape index (κ2) is 13.3. The molecule has 0 bridgehead atoms. The van der Waals surface area contributed by atoms with Crippen LogP contribution in [0.15, 0.2) is 122 Å². The third-order valence-electron chi connectivity index (χ3n) is 10.5. The Kier molecular flexibility index (Phi) is 9.20. The maximum Gasteiger partial charge on any atom is 0.119 e. The molecule has 1 nitrogen and oxygen atoms in total. The summed E-state index contributed by atoms with van der Waals surface area (Å²) in [6.07, 6.45) is 4.12. The van der Waals surface area contributed by atoms with Crippen LogP contribution in [-0.4, -0.2) is 14.7 Å². The summed E-state index contributed by atoms with van der Waals surface area (Å²) in [4.78, 5) is 0. The minimum absolute atomic E-state index is 0.279. The Morgan fingerprint density at radius 3 is 1.65 bits per heavy atom. The minimum atomic E-state index is -2.22. The Balaban J connectivity index is 1.53. The summed E-state index contributed by atoms with van der Waals surface area (Å²) in [5.74, 6) is 2.08. The zero-order valence-electron chi connectivity index (χ0n) is 28.4. The molecule has 0 saturated heterocycles. The van der Waals surface area contributed by atoms with Crippen molar-refractivity contribution in [1.82, 2.24) is 0 Å². The molecule has 1 aliphatic rings. The van der Waals surface area contributed by atoms with Crippen LogP contribution in [0.4, 0.5) is 0 Å². The highest BCUT2D eigenvalue weighted by atomic mass is 28.3. The molecule has 234 valence electrons. The van der Waals surface area contributed by atoms with Crippen LogP contribution in [0, 0.1) is 0 Å². The number of rotatable bonds is 11. The van der Waals surface area contributed by atoms with E-state index in [2.05, 4.69) is 157 Å². The van der Waals surface area contributed by atoms with E-state index >= 15 is 0 Å². The molecule has 0 aromatic heterocycles. The van der Waals surface area contributed by atoms with E-state index in [0.717, 1.165) is 18.6 Å². The number of para-hydroxylation sites is 1. The van der Waals surface area contributed by atoms with E-state index in [1.54, 1.807) is 0 Å². The molecule has 2 unspecified atom stereocenters. The lowest BCUT2D eigenvalue weighted by molar-refractivity contribution is 0.366. The molecule has 5 aromatic rings. The maximum atomic E-state index is 6.30. The summed E-state index contributed by atoms with van der Waals surface area (Å²) in [7, 11) is -2.22. The summed E-state index contributed by atoms with van der Waals surface area (Å²) in [5, 5.41) is 1.36. The molecule has 0 fully saturated rings. The number of hydrogen-bond acceptors (Lipinski definition) is 1. The quantitative estimate of drug-likeness (QED) is 0.105. The molecule has 0 N–H and O–H groups in total. The van der Waals surface area contributed by atoms with Crippen molar-refractivity contribution in [3.05, 3.63) is 144 Å². The zero-order chi connectivity index (χ0) is 32.4. The zero-order valence-corrected chi connectivity index (χ0v) is 29.4. The highest BCUT2D eigenvalue weighted by Crippen LogP contribution is 2.51. The van der Waals surface area contributed by atoms with Gasteiger partial charge in [0.05, 0.1) is 8.07 Å². The fourth-order valence-corrected chi connectivity index (χ4v) is 11.0. The Labute approximate surface area is 278 Å². The van der Waals surface area contributed by atoms with E-state index in [4.69, 9.17) is 4.74 Å². The lowest BCUT2D eigenvalue weighted by Crippen LogP contribution is -2.48. The standard InChI is InChI=1S/C44H48OSi/c1-8-25-45-42-19-11-12-20-43(42)46(6,7)44-40-28-36(34-17-13-15-32(26-34)30(4)9-2)21-23-38(40)39-24-22-37(29-41(39)44)35-18-14-16-33(27-35)31(5)10-3/h8,11-24,26-31,44H,1,9-10,25H2,2-7H3. The van der Waals surface area contributed by atoms with Gasteiger partial charge in [0.1, 0.15) is 12.4 Å². The second-order valence-electron chi connectivity index (χ2n) is 13.7. The first-order valence-corrected chi connectivity index (χ1v) is 20.2. The average Bonchev–Trinajstić information content (AvgIpc) is 3.44. The Bertz CT molecular complexity index is 1760. The highest BCUT2D eigenvalue weighted by Gasteiger charge is 2.43. The molecule has 5 aromatic carbocycles. The van der Waals surface area contributed by atoms with E-state index in [-0.39, 0.29) is 5.54 Å². The average molecular weight is 621 g/mol. The van der Waals surface area contributed by atoms with Gasteiger partial charge in [-0.2, -0.15) is 0 Å². The molecule has 0 saturated carbocycles. The minimum Gasteiger partial charge on any atom is -0.490 e. The smallest absolute Gasteiger partial charge is 0.119 e. The van der Waals surface area contributed by atoms with Crippen LogP contribution in [0.5, 0.6) is 5.75 Å². The van der Waals surface area contributed by atoms with Crippen molar-refractivity contribution in [2.24, 2.45) is 0 Å². The molecule has 2 atom stereocenters. The second-order valence-corrected chi connectivity index (χ2v) is 18.3. The van der Waals surface area contributed by atoms with Crippen LogP contribution in [0.1, 0.15) is 80.2 Å². The summed E-state index contributed by atoms with van der Waals surface area (Å²) < 4.78 is 6.30. The van der Waals surface area contributed by atoms with Crippen LogP contribution >= 0.6 is 0 Å². The van der Waals surface area contributed by atoms with Crippen LogP contribution in [-0.2, 0) is 0 Å². The van der Waals surface area contributed by atoms with Crippen molar-refractivity contribution in [2.75, 3.05) is 6.61 Å². The number of ether oxygens (including phenoxy) is 1. The van der Waals surface area contributed by atoms with Crippen LogP contribution in [0.25, 0.3) is 33.4 Å².